The maximum Gasteiger partial charge on any atom is 0.116 e. The predicted molar refractivity (Wildman–Crippen MR) is 118 cm³/mol. The first kappa shape index (κ1) is 20.0. The van der Waals surface area contributed by atoms with Gasteiger partial charge in [-0.05, 0) is 63.9 Å². The van der Waals surface area contributed by atoms with E-state index in [-0.39, 0.29) is 0 Å². The highest BCUT2D eigenvalue weighted by molar-refractivity contribution is 6.30. The Morgan fingerprint density at radius 2 is 1.86 bits per heavy atom. The molecule has 0 radical (unpaired) electrons. The molecular weight excluding hydrogens is 382 g/mol. The number of aromatic nitrogens is 4. The normalized spacial score (nSPS) is 19.6. The van der Waals surface area contributed by atoms with E-state index in [0.717, 1.165) is 27.5 Å². The lowest BCUT2D eigenvalue weighted by Gasteiger charge is -2.34. The molecule has 0 saturated heterocycles. The molecule has 2 aromatic heterocycles. The molecule has 1 N–H and O–H groups in total. The second-order valence-electron chi connectivity index (χ2n) is 7.95. The first-order chi connectivity index (χ1) is 14.2. The molecule has 3 aromatic rings. The first-order valence-electron chi connectivity index (χ1n) is 10.5. The summed E-state index contributed by atoms with van der Waals surface area (Å²) in [7, 11) is 2.26. The lowest BCUT2D eigenvalue weighted by Crippen LogP contribution is -2.35. The van der Waals surface area contributed by atoms with Crippen molar-refractivity contribution in [2.24, 2.45) is 0 Å². The van der Waals surface area contributed by atoms with E-state index in [2.05, 4.69) is 33.9 Å². The van der Waals surface area contributed by atoms with E-state index in [0.29, 0.717) is 12.0 Å². The number of benzene rings is 1. The van der Waals surface area contributed by atoms with E-state index >= 15 is 0 Å². The number of nitrogens with one attached hydrogen (secondary N) is 1. The SMILES string of the molecule is CCCN(C)C1CCC(c2[nH]nc(-c3ccc(Cl)cc3)c2-c2ccncn2)CC1. The van der Waals surface area contributed by atoms with Crippen LogP contribution in [0.5, 0.6) is 0 Å². The summed E-state index contributed by atoms with van der Waals surface area (Å²) in [6, 6.07) is 10.5. The molecule has 2 heterocycles. The largest absolute Gasteiger partial charge is 0.303 e. The first-order valence-corrected chi connectivity index (χ1v) is 10.9. The highest BCUT2D eigenvalue weighted by Crippen LogP contribution is 2.41. The van der Waals surface area contributed by atoms with E-state index in [1.54, 1.807) is 12.5 Å². The van der Waals surface area contributed by atoms with Crippen LogP contribution in [0.2, 0.25) is 5.02 Å². The van der Waals surface area contributed by atoms with Gasteiger partial charge in [0.05, 0.1) is 5.69 Å². The third-order valence-electron chi connectivity index (χ3n) is 6.05. The summed E-state index contributed by atoms with van der Waals surface area (Å²) in [4.78, 5) is 11.2. The van der Waals surface area contributed by atoms with Gasteiger partial charge in [0.1, 0.15) is 12.0 Å². The van der Waals surface area contributed by atoms with E-state index < -0.39 is 0 Å². The second-order valence-corrected chi connectivity index (χ2v) is 8.38. The number of nitrogens with zero attached hydrogens (tertiary/aromatic N) is 4. The fourth-order valence-corrected chi connectivity index (χ4v) is 4.63. The molecule has 4 rings (SSSR count). The average Bonchev–Trinajstić information content (AvgIpc) is 3.20. The van der Waals surface area contributed by atoms with Crippen LogP contribution in [0.15, 0.2) is 42.9 Å². The van der Waals surface area contributed by atoms with Crippen LogP contribution < -0.4 is 0 Å². The molecule has 6 heteroatoms. The molecule has 0 bridgehead atoms. The molecule has 152 valence electrons. The highest BCUT2D eigenvalue weighted by atomic mass is 35.5. The van der Waals surface area contributed by atoms with Crippen LogP contribution >= 0.6 is 11.6 Å². The van der Waals surface area contributed by atoms with Crippen LogP contribution in [-0.2, 0) is 0 Å². The van der Waals surface area contributed by atoms with Gasteiger partial charge in [-0.15, -0.1) is 0 Å². The molecule has 1 saturated carbocycles. The van der Waals surface area contributed by atoms with Crippen LogP contribution in [-0.4, -0.2) is 44.7 Å². The van der Waals surface area contributed by atoms with Gasteiger partial charge in [0.25, 0.3) is 0 Å². The molecule has 1 aliphatic rings. The maximum atomic E-state index is 6.09. The van der Waals surface area contributed by atoms with Crippen molar-refractivity contribution in [1.29, 1.82) is 0 Å². The van der Waals surface area contributed by atoms with Crippen molar-refractivity contribution >= 4 is 11.6 Å². The van der Waals surface area contributed by atoms with Crippen molar-refractivity contribution in [3.8, 4) is 22.5 Å². The standard InChI is InChI=1S/C23H28ClN5/c1-3-14-29(2)19-10-6-17(7-11-19)23-21(20-12-13-25-15-26-20)22(27-28-23)16-4-8-18(24)9-5-16/h4-5,8-9,12-13,15,17,19H,3,6-7,10-11,14H2,1-2H3,(H,27,28). The summed E-state index contributed by atoms with van der Waals surface area (Å²) >= 11 is 6.09. The van der Waals surface area contributed by atoms with Crippen molar-refractivity contribution in [1.82, 2.24) is 25.1 Å². The van der Waals surface area contributed by atoms with E-state index in [9.17, 15) is 0 Å². The van der Waals surface area contributed by atoms with E-state index in [1.807, 2.05) is 30.3 Å². The summed E-state index contributed by atoms with van der Waals surface area (Å²) < 4.78 is 0. The van der Waals surface area contributed by atoms with Crippen molar-refractivity contribution in [3.63, 3.8) is 0 Å². The number of hydrogen-bond donors (Lipinski definition) is 1. The van der Waals surface area contributed by atoms with Gasteiger partial charge in [-0.2, -0.15) is 5.10 Å². The number of rotatable bonds is 6. The molecular formula is C23H28ClN5. The molecule has 1 aliphatic carbocycles. The van der Waals surface area contributed by atoms with Gasteiger partial charge in [-0.3, -0.25) is 5.10 Å². The smallest absolute Gasteiger partial charge is 0.116 e. The molecule has 0 spiro atoms. The number of hydrogen-bond acceptors (Lipinski definition) is 4. The lowest BCUT2D eigenvalue weighted by molar-refractivity contribution is 0.182. The molecule has 0 amide bonds. The van der Waals surface area contributed by atoms with Crippen molar-refractivity contribution in [2.75, 3.05) is 13.6 Å². The number of halogens is 1. The van der Waals surface area contributed by atoms with Crippen LogP contribution in [0.1, 0.15) is 50.6 Å². The van der Waals surface area contributed by atoms with Gasteiger partial charge in [-0.1, -0.05) is 30.7 Å². The third-order valence-corrected chi connectivity index (χ3v) is 6.31. The average molecular weight is 410 g/mol. The van der Waals surface area contributed by atoms with Crippen molar-refractivity contribution in [3.05, 3.63) is 53.6 Å². The zero-order valence-electron chi connectivity index (χ0n) is 17.1. The number of aromatic amines is 1. The Morgan fingerprint density at radius 1 is 1.10 bits per heavy atom. The lowest BCUT2D eigenvalue weighted by atomic mass is 9.81. The summed E-state index contributed by atoms with van der Waals surface area (Å²) in [6.07, 6.45) is 9.38. The van der Waals surface area contributed by atoms with E-state index in [1.165, 1.54) is 44.3 Å². The Kier molecular flexibility index (Phi) is 6.26. The van der Waals surface area contributed by atoms with Gasteiger partial charge in [0, 0.05) is 40.0 Å². The van der Waals surface area contributed by atoms with E-state index in [4.69, 9.17) is 16.7 Å². The quantitative estimate of drug-likeness (QED) is 0.579. The summed E-state index contributed by atoms with van der Waals surface area (Å²) in [6.45, 7) is 3.42. The Labute approximate surface area is 177 Å². The summed E-state index contributed by atoms with van der Waals surface area (Å²) in [5, 5.41) is 8.80. The minimum atomic E-state index is 0.472. The van der Waals surface area contributed by atoms with Crippen LogP contribution in [0.25, 0.3) is 22.5 Å². The second kappa shape index (κ2) is 9.06. The molecule has 29 heavy (non-hydrogen) atoms. The van der Waals surface area contributed by atoms with Gasteiger partial charge in [-0.25, -0.2) is 9.97 Å². The van der Waals surface area contributed by atoms with Gasteiger partial charge in [0.15, 0.2) is 0 Å². The highest BCUT2D eigenvalue weighted by Gasteiger charge is 2.29. The molecule has 5 nitrogen and oxygen atoms in total. The van der Waals surface area contributed by atoms with Crippen LogP contribution in [0, 0.1) is 0 Å². The summed E-state index contributed by atoms with van der Waals surface area (Å²) in [5.41, 5.74) is 5.19. The number of H-pyrrole nitrogens is 1. The summed E-state index contributed by atoms with van der Waals surface area (Å²) in [5.74, 6) is 0.472. The Hall–Kier alpha value is -2.24. The predicted octanol–water partition coefficient (Wildman–Crippen LogP) is 5.56. The van der Waals surface area contributed by atoms with Gasteiger partial charge in [0.2, 0.25) is 0 Å². The molecule has 0 aliphatic heterocycles. The minimum Gasteiger partial charge on any atom is -0.303 e. The fraction of sp³-hybridized carbons (Fsp3) is 0.435. The molecule has 1 aromatic carbocycles. The van der Waals surface area contributed by atoms with Crippen molar-refractivity contribution in [2.45, 2.75) is 51.0 Å². The maximum absolute atomic E-state index is 6.09. The monoisotopic (exact) mass is 409 g/mol. The molecule has 0 unspecified atom stereocenters. The Balaban J connectivity index is 1.65. The Morgan fingerprint density at radius 3 is 2.52 bits per heavy atom. The fourth-order valence-electron chi connectivity index (χ4n) is 4.51. The zero-order chi connectivity index (χ0) is 20.2. The van der Waals surface area contributed by atoms with Gasteiger partial charge >= 0.3 is 0 Å². The molecule has 1 fully saturated rings. The molecule has 0 atom stereocenters. The van der Waals surface area contributed by atoms with Gasteiger partial charge < -0.3 is 4.90 Å². The van der Waals surface area contributed by atoms with Crippen molar-refractivity contribution < 1.29 is 0 Å². The van der Waals surface area contributed by atoms with Crippen LogP contribution in [0.3, 0.4) is 0 Å². The topological polar surface area (TPSA) is 57.7 Å². The Bertz CT molecular complexity index is 914. The zero-order valence-corrected chi connectivity index (χ0v) is 17.9. The van der Waals surface area contributed by atoms with Crippen LogP contribution in [0.4, 0.5) is 0 Å². The third kappa shape index (κ3) is 4.36. The minimum absolute atomic E-state index is 0.472.